The van der Waals surface area contributed by atoms with Gasteiger partial charge < -0.3 is 4.98 Å². The molecule has 1 N–H and O–H groups in total. The van der Waals surface area contributed by atoms with E-state index >= 15 is 0 Å². The zero-order chi connectivity index (χ0) is 18.7. The van der Waals surface area contributed by atoms with Crippen LogP contribution in [0.25, 0.3) is 6.08 Å². The summed E-state index contributed by atoms with van der Waals surface area (Å²) in [5.41, 5.74) is 3.80. The second kappa shape index (κ2) is 7.95. The molecule has 0 radical (unpaired) electrons. The average Bonchev–Trinajstić information content (AvgIpc) is 3.17. The Bertz CT molecular complexity index is 772. The Kier molecular flexibility index (Phi) is 5.41. The molecular formula is C22H29FN4. The number of hydrogen-bond acceptors (Lipinski definition) is 3. The number of aromatic nitrogens is 2. The number of aromatic amines is 1. The summed E-state index contributed by atoms with van der Waals surface area (Å²) in [5.74, 6) is -0.185. The van der Waals surface area contributed by atoms with Crippen molar-refractivity contribution in [3.63, 3.8) is 0 Å². The summed E-state index contributed by atoms with van der Waals surface area (Å²) in [5, 5.41) is 0. The molecule has 1 fully saturated rings. The zero-order valence-corrected chi connectivity index (χ0v) is 16.1. The highest BCUT2D eigenvalue weighted by atomic mass is 19.1. The highest BCUT2D eigenvalue weighted by Crippen LogP contribution is 2.42. The number of nitrogens with zero attached hydrogens (tertiary/aromatic N) is 3. The minimum Gasteiger partial charge on any atom is -0.348 e. The quantitative estimate of drug-likeness (QED) is 0.871. The maximum atomic E-state index is 13.0. The van der Waals surface area contributed by atoms with E-state index < -0.39 is 0 Å². The fourth-order valence-corrected chi connectivity index (χ4v) is 4.69. The maximum absolute atomic E-state index is 13.0. The normalized spacial score (nSPS) is 20.4. The first kappa shape index (κ1) is 18.4. The lowest BCUT2D eigenvalue weighted by Gasteiger charge is -2.50. The molecule has 0 bridgehead atoms. The molecule has 0 atom stereocenters. The van der Waals surface area contributed by atoms with Crippen LogP contribution in [0.15, 0.2) is 36.7 Å². The number of imidazole rings is 1. The summed E-state index contributed by atoms with van der Waals surface area (Å²) in [7, 11) is 0. The molecule has 2 aromatic rings. The summed E-state index contributed by atoms with van der Waals surface area (Å²) in [6.45, 7) is 7.66. The Balaban J connectivity index is 1.40. The topological polar surface area (TPSA) is 35.2 Å². The molecule has 2 aliphatic heterocycles. The fraction of sp³-hybridized carbons (Fsp3) is 0.500. The van der Waals surface area contributed by atoms with E-state index in [4.69, 9.17) is 4.98 Å². The molecule has 1 saturated heterocycles. The van der Waals surface area contributed by atoms with E-state index in [1.165, 1.54) is 29.9 Å². The lowest BCUT2D eigenvalue weighted by atomic mass is 9.78. The van der Waals surface area contributed by atoms with Crippen LogP contribution in [-0.2, 0) is 12.0 Å². The van der Waals surface area contributed by atoms with Crippen molar-refractivity contribution in [2.45, 2.75) is 38.1 Å². The van der Waals surface area contributed by atoms with Gasteiger partial charge in [0.05, 0.1) is 17.6 Å². The molecule has 0 saturated carbocycles. The smallest absolute Gasteiger partial charge is 0.123 e. The van der Waals surface area contributed by atoms with Crippen molar-refractivity contribution >= 4 is 6.08 Å². The van der Waals surface area contributed by atoms with E-state index in [1.807, 2.05) is 18.5 Å². The number of piperidine rings is 1. The van der Waals surface area contributed by atoms with E-state index in [1.54, 1.807) is 0 Å². The molecule has 2 aliphatic rings. The number of fused-ring (bicyclic) bond motifs is 2. The Hall–Kier alpha value is -1.98. The van der Waals surface area contributed by atoms with Crippen LogP contribution < -0.4 is 0 Å². The minimum atomic E-state index is -0.185. The SMILES string of the molecule is CCCN1CCc2[nH]cnc2C12CCN(CC=Cc1ccc(F)cc1)CC2. The number of benzene rings is 1. The Morgan fingerprint density at radius 3 is 2.70 bits per heavy atom. The molecule has 3 heterocycles. The standard InChI is InChI=1S/C22H29FN4/c1-2-12-27-14-9-20-21(25-17-24-20)22(27)10-15-26(16-11-22)13-3-4-18-5-7-19(23)8-6-18/h3-8,17H,2,9-16H2,1H3,(H,24,25). The number of rotatable bonds is 5. The molecule has 1 spiro atoms. The zero-order valence-electron chi connectivity index (χ0n) is 16.1. The van der Waals surface area contributed by atoms with Crippen LogP contribution >= 0.6 is 0 Å². The summed E-state index contributed by atoms with van der Waals surface area (Å²) < 4.78 is 13.0. The largest absolute Gasteiger partial charge is 0.348 e. The first-order valence-corrected chi connectivity index (χ1v) is 10.1. The van der Waals surface area contributed by atoms with Crippen molar-refractivity contribution in [2.24, 2.45) is 0 Å². The monoisotopic (exact) mass is 368 g/mol. The van der Waals surface area contributed by atoms with Crippen molar-refractivity contribution < 1.29 is 4.39 Å². The van der Waals surface area contributed by atoms with Gasteiger partial charge in [-0.05, 0) is 43.5 Å². The highest BCUT2D eigenvalue weighted by molar-refractivity contribution is 5.49. The van der Waals surface area contributed by atoms with E-state index in [0.29, 0.717) is 0 Å². The molecule has 0 aliphatic carbocycles. The van der Waals surface area contributed by atoms with Gasteiger partial charge in [0, 0.05) is 38.3 Å². The van der Waals surface area contributed by atoms with E-state index in [2.05, 4.69) is 33.9 Å². The maximum Gasteiger partial charge on any atom is 0.123 e. The lowest BCUT2D eigenvalue weighted by molar-refractivity contribution is 0.00844. The first-order valence-electron chi connectivity index (χ1n) is 10.1. The van der Waals surface area contributed by atoms with E-state index in [0.717, 1.165) is 57.5 Å². The van der Waals surface area contributed by atoms with Crippen molar-refractivity contribution in [1.29, 1.82) is 0 Å². The van der Waals surface area contributed by atoms with Crippen LogP contribution in [0.2, 0.25) is 0 Å². The molecule has 4 nitrogen and oxygen atoms in total. The van der Waals surface area contributed by atoms with Crippen LogP contribution in [0, 0.1) is 5.82 Å². The number of likely N-dealkylation sites (tertiary alicyclic amines) is 1. The number of nitrogens with one attached hydrogen (secondary N) is 1. The third-order valence-corrected chi connectivity index (χ3v) is 6.12. The third kappa shape index (κ3) is 3.71. The summed E-state index contributed by atoms with van der Waals surface area (Å²) in [6.07, 6.45) is 10.7. The predicted octanol–water partition coefficient (Wildman–Crippen LogP) is 3.82. The second-order valence-corrected chi connectivity index (χ2v) is 7.75. The number of halogens is 1. The molecule has 144 valence electrons. The third-order valence-electron chi connectivity index (χ3n) is 6.12. The Morgan fingerprint density at radius 2 is 1.96 bits per heavy atom. The summed E-state index contributed by atoms with van der Waals surface area (Å²) in [4.78, 5) is 13.3. The highest BCUT2D eigenvalue weighted by Gasteiger charge is 2.45. The summed E-state index contributed by atoms with van der Waals surface area (Å²) in [6, 6.07) is 6.66. The van der Waals surface area contributed by atoms with Gasteiger partial charge in [-0.25, -0.2) is 9.37 Å². The molecule has 1 aromatic heterocycles. The Morgan fingerprint density at radius 1 is 1.19 bits per heavy atom. The van der Waals surface area contributed by atoms with Gasteiger partial charge in [-0.1, -0.05) is 31.2 Å². The fourth-order valence-electron chi connectivity index (χ4n) is 4.69. The van der Waals surface area contributed by atoms with Gasteiger partial charge in [-0.15, -0.1) is 0 Å². The second-order valence-electron chi connectivity index (χ2n) is 7.75. The van der Waals surface area contributed by atoms with Gasteiger partial charge in [0.1, 0.15) is 5.82 Å². The van der Waals surface area contributed by atoms with Gasteiger partial charge in [0.15, 0.2) is 0 Å². The van der Waals surface area contributed by atoms with E-state index in [-0.39, 0.29) is 11.4 Å². The number of H-pyrrole nitrogens is 1. The molecule has 4 rings (SSSR count). The van der Waals surface area contributed by atoms with Gasteiger partial charge in [0.2, 0.25) is 0 Å². The minimum absolute atomic E-state index is 0.112. The van der Waals surface area contributed by atoms with Crippen molar-refractivity contribution in [2.75, 3.05) is 32.7 Å². The first-order chi connectivity index (χ1) is 13.2. The van der Waals surface area contributed by atoms with Gasteiger partial charge in [-0.2, -0.15) is 0 Å². The average molecular weight is 369 g/mol. The van der Waals surface area contributed by atoms with Gasteiger partial charge in [0.25, 0.3) is 0 Å². The van der Waals surface area contributed by atoms with E-state index in [9.17, 15) is 4.39 Å². The van der Waals surface area contributed by atoms with Crippen molar-refractivity contribution in [3.8, 4) is 0 Å². The van der Waals surface area contributed by atoms with Crippen LogP contribution in [0.3, 0.4) is 0 Å². The van der Waals surface area contributed by atoms with Crippen LogP contribution in [0.4, 0.5) is 4.39 Å². The molecular weight excluding hydrogens is 339 g/mol. The number of hydrogen-bond donors (Lipinski definition) is 1. The lowest BCUT2D eigenvalue weighted by Crippen LogP contribution is -2.56. The van der Waals surface area contributed by atoms with Gasteiger partial charge in [-0.3, -0.25) is 9.80 Å². The van der Waals surface area contributed by atoms with Gasteiger partial charge >= 0.3 is 0 Å². The van der Waals surface area contributed by atoms with Crippen molar-refractivity contribution in [3.05, 3.63) is 59.4 Å². The van der Waals surface area contributed by atoms with Crippen LogP contribution in [0.1, 0.15) is 43.1 Å². The summed E-state index contributed by atoms with van der Waals surface area (Å²) >= 11 is 0. The molecule has 27 heavy (non-hydrogen) atoms. The molecule has 5 heteroatoms. The Labute approximate surface area is 161 Å². The van der Waals surface area contributed by atoms with Crippen LogP contribution in [0.5, 0.6) is 0 Å². The molecule has 0 amide bonds. The van der Waals surface area contributed by atoms with Crippen LogP contribution in [-0.4, -0.2) is 52.5 Å². The predicted molar refractivity (Wildman–Crippen MR) is 107 cm³/mol. The molecule has 0 unspecified atom stereocenters. The molecule has 1 aromatic carbocycles. The van der Waals surface area contributed by atoms with Crippen molar-refractivity contribution in [1.82, 2.24) is 19.8 Å².